The molecule has 0 spiro atoms. The van der Waals surface area contributed by atoms with Gasteiger partial charge >= 0.3 is 19.8 Å². The van der Waals surface area contributed by atoms with Crippen molar-refractivity contribution in [3.8, 4) is 0 Å². The Labute approximate surface area is 342 Å². The molecule has 0 aromatic carbocycles. The number of ether oxygens (including phenoxy) is 2. The van der Waals surface area contributed by atoms with E-state index >= 15 is 0 Å². The summed E-state index contributed by atoms with van der Waals surface area (Å²) in [5.41, 5.74) is 0. The summed E-state index contributed by atoms with van der Waals surface area (Å²) >= 11 is 0. The normalized spacial score (nSPS) is 13.3. The molecule has 2 N–H and O–H groups in total. The van der Waals surface area contributed by atoms with Gasteiger partial charge in [0.1, 0.15) is 6.61 Å². The van der Waals surface area contributed by atoms with E-state index in [1.165, 1.54) is 25.7 Å². The molecule has 1 unspecified atom stereocenters. The van der Waals surface area contributed by atoms with Crippen molar-refractivity contribution in [2.45, 2.75) is 187 Å². The molecule has 0 saturated heterocycles. The first kappa shape index (κ1) is 53.2. The van der Waals surface area contributed by atoms with Gasteiger partial charge in [-0.25, -0.2) is 4.57 Å². The van der Waals surface area contributed by atoms with E-state index in [0.717, 1.165) is 116 Å². The first-order valence-corrected chi connectivity index (χ1v) is 23.4. The van der Waals surface area contributed by atoms with Crippen LogP contribution < -0.4 is 0 Å². The van der Waals surface area contributed by atoms with Crippen LogP contribution in [0.15, 0.2) is 85.1 Å². The SMILES string of the molecule is CC/C=C\C/C=C\C/C=C\C/C=C\CCCCCCCCC(=O)OC(COC(=O)CCCCCCCC/C=C\C/C=C\C/C=C\CCCCC)COP(=O)(O)O. The molecule has 0 aliphatic carbocycles. The van der Waals surface area contributed by atoms with Crippen molar-refractivity contribution >= 4 is 19.8 Å². The number of hydrogen-bond acceptors (Lipinski definition) is 6. The highest BCUT2D eigenvalue weighted by Crippen LogP contribution is 2.36. The van der Waals surface area contributed by atoms with Crippen LogP contribution in [0.25, 0.3) is 0 Å². The van der Waals surface area contributed by atoms with Gasteiger partial charge in [0.2, 0.25) is 0 Å². The van der Waals surface area contributed by atoms with E-state index in [1.807, 2.05) is 0 Å². The minimum atomic E-state index is -4.77. The Balaban J connectivity index is 3.98. The molecule has 56 heavy (non-hydrogen) atoms. The van der Waals surface area contributed by atoms with Crippen molar-refractivity contribution in [3.05, 3.63) is 85.1 Å². The fourth-order valence-electron chi connectivity index (χ4n) is 5.66. The molecule has 0 aliphatic heterocycles. The van der Waals surface area contributed by atoms with Gasteiger partial charge in [0.05, 0.1) is 6.61 Å². The number of phosphoric ester groups is 1. The standard InChI is InChI=1S/C47H79O8P/c1-3-5-7-9-11-13-15-17-19-21-23-25-27-29-31-33-35-37-39-41-46(48)53-43-45(44-54-56(50,51)52)55-47(49)42-40-38-36-34-32-30-28-26-24-22-20-18-16-14-12-10-8-6-4-2/h6,8,11-14,17-20,23-26,45H,3-5,7,9-10,15-16,21-22,27-44H2,1-2H3,(H2,50,51,52)/b8-6-,13-11-,14-12-,19-17-,20-18-,25-23-,26-24-. The van der Waals surface area contributed by atoms with Gasteiger partial charge < -0.3 is 19.3 Å². The Morgan fingerprint density at radius 2 is 0.857 bits per heavy atom. The van der Waals surface area contributed by atoms with Crippen LogP contribution in [0.3, 0.4) is 0 Å². The van der Waals surface area contributed by atoms with Gasteiger partial charge in [-0.3, -0.25) is 14.1 Å². The molecule has 8 nitrogen and oxygen atoms in total. The van der Waals surface area contributed by atoms with Gasteiger partial charge in [0, 0.05) is 12.8 Å². The molecule has 1 atom stereocenters. The van der Waals surface area contributed by atoms with Crippen LogP contribution in [0.5, 0.6) is 0 Å². The lowest BCUT2D eigenvalue weighted by Gasteiger charge is -2.18. The molecule has 0 radical (unpaired) electrons. The summed E-state index contributed by atoms with van der Waals surface area (Å²) < 4.78 is 26.4. The Kier molecular flexibility index (Phi) is 39.8. The summed E-state index contributed by atoms with van der Waals surface area (Å²) in [5, 5.41) is 0. The summed E-state index contributed by atoms with van der Waals surface area (Å²) in [6.07, 6.45) is 55.8. The van der Waals surface area contributed by atoms with Crippen molar-refractivity contribution < 1.29 is 37.9 Å². The van der Waals surface area contributed by atoms with Crippen molar-refractivity contribution in [1.29, 1.82) is 0 Å². The zero-order valence-electron chi connectivity index (χ0n) is 35.3. The van der Waals surface area contributed by atoms with Crippen molar-refractivity contribution in [2.24, 2.45) is 0 Å². The van der Waals surface area contributed by atoms with Crippen LogP contribution in [0, 0.1) is 0 Å². The summed E-state index contributed by atoms with van der Waals surface area (Å²) in [6, 6.07) is 0. The maximum Gasteiger partial charge on any atom is 0.469 e. The number of carbonyl (C=O) groups excluding carboxylic acids is 2. The number of phosphoric acid groups is 1. The minimum absolute atomic E-state index is 0.188. The number of allylic oxidation sites excluding steroid dienone is 14. The summed E-state index contributed by atoms with van der Waals surface area (Å²) in [4.78, 5) is 42.9. The maximum atomic E-state index is 12.4. The van der Waals surface area contributed by atoms with E-state index in [0.29, 0.717) is 12.8 Å². The first-order chi connectivity index (χ1) is 27.3. The van der Waals surface area contributed by atoms with Crippen molar-refractivity contribution in [1.82, 2.24) is 0 Å². The molecule has 0 fully saturated rings. The second-order valence-corrected chi connectivity index (χ2v) is 15.5. The predicted molar refractivity (Wildman–Crippen MR) is 234 cm³/mol. The maximum absolute atomic E-state index is 12.4. The lowest BCUT2D eigenvalue weighted by atomic mass is 10.1. The Morgan fingerprint density at radius 3 is 1.29 bits per heavy atom. The Hall–Kier alpha value is -2.77. The van der Waals surface area contributed by atoms with Crippen LogP contribution in [0.1, 0.15) is 181 Å². The van der Waals surface area contributed by atoms with E-state index in [2.05, 4.69) is 103 Å². The fraction of sp³-hybridized carbons (Fsp3) is 0.660. The smallest absolute Gasteiger partial charge is 0.462 e. The number of rotatable bonds is 39. The van der Waals surface area contributed by atoms with E-state index in [1.54, 1.807) is 0 Å². The summed E-state index contributed by atoms with van der Waals surface area (Å²) in [5.74, 6) is -0.921. The van der Waals surface area contributed by atoms with Crippen LogP contribution in [0.4, 0.5) is 0 Å². The molecular formula is C47H79O8P. The molecule has 0 aliphatic rings. The largest absolute Gasteiger partial charge is 0.469 e. The zero-order chi connectivity index (χ0) is 41.1. The third-order valence-corrected chi connectivity index (χ3v) is 9.38. The topological polar surface area (TPSA) is 119 Å². The van der Waals surface area contributed by atoms with Crippen LogP contribution >= 0.6 is 7.82 Å². The second kappa shape index (κ2) is 41.9. The monoisotopic (exact) mass is 803 g/mol. The molecular weight excluding hydrogens is 723 g/mol. The molecule has 320 valence electrons. The van der Waals surface area contributed by atoms with Gasteiger partial charge in [-0.05, 0) is 89.9 Å². The highest BCUT2D eigenvalue weighted by atomic mass is 31.2. The lowest BCUT2D eigenvalue weighted by molar-refractivity contribution is -0.161. The second-order valence-electron chi connectivity index (χ2n) is 14.3. The van der Waals surface area contributed by atoms with Crippen LogP contribution in [-0.2, 0) is 28.2 Å². The van der Waals surface area contributed by atoms with Crippen molar-refractivity contribution in [3.63, 3.8) is 0 Å². The Bertz CT molecular complexity index is 1180. The molecule has 0 aromatic heterocycles. The van der Waals surface area contributed by atoms with Gasteiger partial charge in [-0.1, -0.05) is 163 Å². The van der Waals surface area contributed by atoms with Gasteiger partial charge in [0.15, 0.2) is 6.10 Å². The van der Waals surface area contributed by atoms with E-state index in [4.69, 9.17) is 19.3 Å². The van der Waals surface area contributed by atoms with E-state index < -0.39 is 32.5 Å². The molecule has 0 amide bonds. The molecule has 9 heteroatoms. The van der Waals surface area contributed by atoms with Crippen LogP contribution in [0.2, 0.25) is 0 Å². The highest BCUT2D eigenvalue weighted by molar-refractivity contribution is 7.46. The zero-order valence-corrected chi connectivity index (χ0v) is 36.1. The minimum Gasteiger partial charge on any atom is -0.462 e. The molecule has 0 aromatic rings. The van der Waals surface area contributed by atoms with Gasteiger partial charge in [0.25, 0.3) is 0 Å². The number of hydrogen-bond donors (Lipinski definition) is 2. The van der Waals surface area contributed by atoms with E-state index in [9.17, 15) is 14.2 Å². The summed E-state index contributed by atoms with van der Waals surface area (Å²) in [7, 11) is -4.77. The quantitative estimate of drug-likeness (QED) is 0.0273. The third kappa shape index (κ3) is 44.0. The molecule has 0 rings (SSSR count). The molecule has 0 heterocycles. The lowest BCUT2D eigenvalue weighted by Crippen LogP contribution is -2.29. The van der Waals surface area contributed by atoms with Gasteiger partial charge in [-0.15, -0.1) is 0 Å². The number of carbonyl (C=O) groups is 2. The fourth-order valence-corrected chi connectivity index (χ4v) is 6.02. The summed E-state index contributed by atoms with van der Waals surface area (Å²) in [6.45, 7) is 3.52. The van der Waals surface area contributed by atoms with Gasteiger partial charge in [-0.2, -0.15) is 0 Å². The average Bonchev–Trinajstić information content (AvgIpc) is 3.17. The average molecular weight is 803 g/mol. The number of esters is 2. The number of unbranched alkanes of at least 4 members (excludes halogenated alkanes) is 15. The highest BCUT2D eigenvalue weighted by Gasteiger charge is 2.22. The molecule has 0 bridgehead atoms. The predicted octanol–water partition coefficient (Wildman–Crippen LogP) is 13.6. The van der Waals surface area contributed by atoms with Crippen molar-refractivity contribution in [2.75, 3.05) is 13.2 Å². The third-order valence-electron chi connectivity index (χ3n) is 8.90. The van der Waals surface area contributed by atoms with Crippen LogP contribution in [-0.4, -0.2) is 41.0 Å². The van der Waals surface area contributed by atoms with E-state index in [-0.39, 0.29) is 19.4 Å². The molecule has 0 saturated carbocycles. The first-order valence-electron chi connectivity index (χ1n) is 21.9. The Morgan fingerprint density at radius 1 is 0.482 bits per heavy atom.